The minimum Gasteiger partial charge on any atom is -0.461 e. The largest absolute Gasteiger partial charge is 0.461 e. The summed E-state index contributed by atoms with van der Waals surface area (Å²) in [4.78, 5) is 15.0. The predicted molar refractivity (Wildman–Crippen MR) is 152 cm³/mol. The lowest BCUT2D eigenvalue weighted by molar-refractivity contribution is -0.195. The molecule has 2 rings (SSSR count). The van der Waals surface area contributed by atoms with Gasteiger partial charge in [0.15, 0.2) is 14.4 Å². The number of nitrogens with zero attached hydrogens (tertiary/aromatic N) is 3. The Labute approximate surface area is 240 Å². The van der Waals surface area contributed by atoms with Crippen LogP contribution in [0.25, 0.3) is 10.4 Å². The van der Waals surface area contributed by atoms with Crippen molar-refractivity contribution >= 4 is 24.4 Å². The van der Waals surface area contributed by atoms with Crippen LogP contribution in [0.3, 0.4) is 0 Å². The molecule has 0 unspecified atom stereocenters. The molecule has 0 aliphatic carbocycles. The summed E-state index contributed by atoms with van der Waals surface area (Å²) in [6.07, 6.45) is -3.39. The molecule has 0 amide bonds. The van der Waals surface area contributed by atoms with Crippen LogP contribution in [0.5, 0.6) is 0 Å². The average molecular weight is 614 g/mol. The van der Waals surface area contributed by atoms with Crippen LogP contribution in [0.2, 0.25) is 18.1 Å². The molecule has 0 aliphatic rings. The zero-order valence-electron chi connectivity index (χ0n) is 24.0. The molecule has 0 N–H and O–H groups in total. The van der Waals surface area contributed by atoms with Crippen LogP contribution in [-0.2, 0) is 34.8 Å². The lowest BCUT2D eigenvalue weighted by Gasteiger charge is -2.39. The van der Waals surface area contributed by atoms with E-state index in [1.54, 1.807) is 48.5 Å². The first-order valence-electron chi connectivity index (χ1n) is 12.8. The number of hydrogen-bond donors (Lipinski definition) is 0. The number of benzene rings is 2. The lowest BCUT2D eigenvalue weighted by atomic mass is 10.0. The molecule has 0 fully saturated rings. The monoisotopic (exact) mass is 613 g/mol. The Morgan fingerprint density at radius 1 is 1.02 bits per heavy atom. The molecule has 0 aromatic heterocycles. The Hall–Kier alpha value is -2.87. The molecule has 14 heteroatoms. The second kappa shape index (κ2) is 14.3. The molecule has 41 heavy (non-hydrogen) atoms. The fourth-order valence-corrected chi connectivity index (χ4v) is 5.03. The van der Waals surface area contributed by atoms with Gasteiger partial charge in [-0.15, -0.1) is 0 Å². The van der Waals surface area contributed by atoms with Crippen LogP contribution in [0.15, 0.2) is 65.8 Å². The summed E-state index contributed by atoms with van der Waals surface area (Å²) in [5.41, 5.74) is 9.72. The van der Waals surface area contributed by atoms with Crippen molar-refractivity contribution in [1.29, 1.82) is 0 Å². The minimum atomic E-state index is -4.28. The summed E-state index contributed by atoms with van der Waals surface area (Å²) in [6, 6.07) is 13.8. The van der Waals surface area contributed by atoms with Crippen molar-refractivity contribution in [2.45, 2.75) is 69.7 Å². The number of hydrogen-bond acceptors (Lipinski definition) is 8. The molecule has 0 saturated carbocycles. The van der Waals surface area contributed by atoms with Gasteiger partial charge in [0.25, 0.3) is 16.0 Å². The Kier molecular flexibility index (Phi) is 12.0. The Morgan fingerprint density at radius 2 is 1.59 bits per heavy atom. The Bertz CT molecular complexity index is 1290. The molecule has 2 aromatic rings. The third-order valence-electron chi connectivity index (χ3n) is 6.72. The van der Waals surface area contributed by atoms with Gasteiger partial charge in [-0.05, 0) is 41.4 Å². The summed E-state index contributed by atoms with van der Waals surface area (Å²) in [6.45, 7) is 7.63. The minimum absolute atomic E-state index is 0.105. The van der Waals surface area contributed by atoms with Crippen molar-refractivity contribution in [3.8, 4) is 0 Å². The summed E-state index contributed by atoms with van der Waals surface area (Å²) >= 11 is 0. The maximum absolute atomic E-state index is 16.3. The molecule has 0 saturated heterocycles. The Balaban J connectivity index is 2.47. The number of rotatable bonds is 15. The molecular formula is C27H37F2N3O7SSi. The Morgan fingerprint density at radius 3 is 2.10 bits per heavy atom. The number of esters is 1. The average Bonchev–Trinajstić information content (AvgIpc) is 2.89. The van der Waals surface area contributed by atoms with Gasteiger partial charge in [0.05, 0.1) is 25.0 Å². The van der Waals surface area contributed by atoms with Crippen LogP contribution in [-0.4, -0.2) is 66.3 Å². The number of ether oxygens (including phenoxy) is 2. The van der Waals surface area contributed by atoms with Crippen LogP contribution in [0.1, 0.15) is 36.7 Å². The van der Waals surface area contributed by atoms with Gasteiger partial charge in [-0.1, -0.05) is 74.4 Å². The zero-order chi connectivity index (χ0) is 30.9. The van der Waals surface area contributed by atoms with E-state index in [2.05, 4.69) is 10.0 Å². The molecule has 0 heterocycles. The molecule has 10 nitrogen and oxygen atoms in total. The molecule has 0 radical (unpaired) electrons. The summed E-state index contributed by atoms with van der Waals surface area (Å²) in [7, 11) is -6.85. The maximum atomic E-state index is 16.3. The highest BCUT2D eigenvalue weighted by molar-refractivity contribution is 7.86. The van der Waals surface area contributed by atoms with Crippen molar-refractivity contribution in [1.82, 2.24) is 0 Å². The van der Waals surface area contributed by atoms with E-state index in [-0.39, 0.29) is 17.2 Å². The van der Waals surface area contributed by atoms with E-state index >= 15 is 8.78 Å². The number of carbonyl (C=O) groups is 1. The second-order valence-corrected chi connectivity index (χ2v) is 17.4. The molecule has 226 valence electrons. The van der Waals surface area contributed by atoms with E-state index < -0.39 is 61.8 Å². The fraction of sp³-hybridized carbons (Fsp3) is 0.519. The van der Waals surface area contributed by atoms with E-state index in [4.69, 9.17) is 23.6 Å². The fourth-order valence-electron chi connectivity index (χ4n) is 3.41. The van der Waals surface area contributed by atoms with E-state index in [0.29, 0.717) is 5.56 Å². The van der Waals surface area contributed by atoms with Crippen LogP contribution >= 0.6 is 0 Å². The van der Waals surface area contributed by atoms with Gasteiger partial charge >= 0.3 is 5.97 Å². The quantitative estimate of drug-likeness (QED) is 0.0590. The number of halogens is 2. The predicted octanol–water partition coefficient (Wildman–Crippen LogP) is 6.11. The summed E-state index contributed by atoms with van der Waals surface area (Å²) < 4.78 is 78.9. The van der Waals surface area contributed by atoms with Gasteiger partial charge in [0.2, 0.25) is 0 Å². The highest BCUT2D eigenvalue weighted by Crippen LogP contribution is 2.38. The van der Waals surface area contributed by atoms with E-state index in [1.807, 2.05) is 33.9 Å². The zero-order valence-corrected chi connectivity index (χ0v) is 25.8. The lowest BCUT2D eigenvalue weighted by Crippen LogP contribution is -2.56. The third kappa shape index (κ3) is 10.5. The number of azide groups is 1. The van der Waals surface area contributed by atoms with Gasteiger partial charge in [0.1, 0.15) is 18.8 Å². The van der Waals surface area contributed by atoms with E-state index in [0.717, 1.165) is 6.26 Å². The molecule has 0 spiro atoms. The maximum Gasteiger partial charge on any atom is 0.338 e. The molecular weight excluding hydrogens is 576 g/mol. The molecule has 0 bridgehead atoms. The van der Waals surface area contributed by atoms with Crippen molar-refractivity contribution in [3.63, 3.8) is 0 Å². The molecule has 2 aromatic carbocycles. The first kappa shape index (κ1) is 34.3. The van der Waals surface area contributed by atoms with Gasteiger partial charge in [-0.3, -0.25) is 4.18 Å². The summed E-state index contributed by atoms with van der Waals surface area (Å²) in [5.74, 6) is -4.99. The highest BCUT2D eigenvalue weighted by atomic mass is 32.2. The summed E-state index contributed by atoms with van der Waals surface area (Å²) in [5, 5.41) is 2.87. The van der Waals surface area contributed by atoms with Crippen LogP contribution < -0.4 is 0 Å². The van der Waals surface area contributed by atoms with E-state index in [1.165, 1.54) is 12.1 Å². The van der Waals surface area contributed by atoms with Gasteiger partial charge in [-0.25, -0.2) is 13.6 Å². The second-order valence-electron chi connectivity index (χ2n) is 11.0. The molecule has 0 aliphatic heterocycles. The number of carbonyl (C=O) groups excluding carboxylic acids is 1. The van der Waals surface area contributed by atoms with Crippen molar-refractivity contribution in [3.05, 3.63) is 82.2 Å². The standard InChI is InChI=1S/C27H37F2N3O7SSi/c1-26(2,3)41(5,6)38-18-22(39-40(4,34)35)24(36-17-20-13-9-7-10-14-20)27(28,29)23(31-32-30)19-37-25(33)21-15-11-8-12-16-21/h7-16,22-24H,17-19H2,1-6H3/t22-,23-,24-/m1/s1. The van der Waals surface area contributed by atoms with Gasteiger partial charge < -0.3 is 13.9 Å². The highest BCUT2D eigenvalue weighted by Gasteiger charge is 2.54. The normalized spacial score (nSPS) is 14.9. The van der Waals surface area contributed by atoms with Crippen molar-refractivity contribution in [2.75, 3.05) is 19.5 Å². The van der Waals surface area contributed by atoms with Crippen molar-refractivity contribution in [2.24, 2.45) is 5.11 Å². The molecule has 3 atom stereocenters. The van der Waals surface area contributed by atoms with E-state index in [9.17, 15) is 13.2 Å². The SMILES string of the molecule is CC(C)(C)[Si](C)(C)OC[C@@H](OS(C)(=O)=O)[C@@H](OCc1ccccc1)C(F)(F)[C@@H](COC(=O)c1ccccc1)N=[N+]=[N-]. The van der Waals surface area contributed by atoms with Gasteiger partial charge in [0, 0.05) is 4.91 Å². The van der Waals surface area contributed by atoms with Crippen molar-refractivity contribution < 1.29 is 40.1 Å². The topological polar surface area (TPSA) is 137 Å². The smallest absolute Gasteiger partial charge is 0.338 e. The first-order chi connectivity index (χ1) is 19.0. The third-order valence-corrected chi connectivity index (χ3v) is 11.8. The first-order valence-corrected chi connectivity index (χ1v) is 17.5. The van der Waals surface area contributed by atoms with Crippen LogP contribution in [0.4, 0.5) is 8.78 Å². The number of alkyl halides is 2. The van der Waals surface area contributed by atoms with Crippen LogP contribution in [0, 0.1) is 0 Å². The van der Waals surface area contributed by atoms with Gasteiger partial charge in [-0.2, -0.15) is 8.42 Å².